The summed E-state index contributed by atoms with van der Waals surface area (Å²) in [7, 11) is 3.89. The lowest BCUT2D eigenvalue weighted by atomic mass is 10.2. The van der Waals surface area contributed by atoms with Crippen LogP contribution >= 0.6 is 11.3 Å². The maximum absolute atomic E-state index is 4.16. The van der Waals surface area contributed by atoms with Crippen LogP contribution in [0.3, 0.4) is 0 Å². The molecular weight excluding hydrogens is 196 g/mol. The van der Waals surface area contributed by atoms with Gasteiger partial charge < -0.3 is 5.32 Å². The van der Waals surface area contributed by atoms with Crippen molar-refractivity contribution in [2.45, 2.75) is 6.04 Å². The van der Waals surface area contributed by atoms with Gasteiger partial charge in [0.2, 0.25) is 0 Å². The molecule has 14 heavy (non-hydrogen) atoms. The van der Waals surface area contributed by atoms with Crippen molar-refractivity contribution in [3.05, 3.63) is 34.5 Å². The Bertz CT molecular complexity index is 393. The van der Waals surface area contributed by atoms with Gasteiger partial charge in [-0.25, -0.2) is 0 Å². The summed E-state index contributed by atoms with van der Waals surface area (Å²) >= 11 is 1.65. The van der Waals surface area contributed by atoms with Crippen molar-refractivity contribution < 1.29 is 0 Å². The quantitative estimate of drug-likeness (QED) is 0.823. The molecule has 0 aromatic carbocycles. The molecule has 0 aliphatic heterocycles. The van der Waals surface area contributed by atoms with E-state index in [-0.39, 0.29) is 6.04 Å². The van der Waals surface area contributed by atoms with Crippen LogP contribution in [0.1, 0.15) is 16.6 Å². The molecule has 0 fully saturated rings. The lowest BCUT2D eigenvalue weighted by Crippen LogP contribution is -2.19. The normalized spacial score (nSPS) is 13.0. The van der Waals surface area contributed by atoms with Crippen LogP contribution in [0.2, 0.25) is 0 Å². The molecule has 0 radical (unpaired) electrons. The molecule has 74 valence electrons. The Kier molecular flexibility index (Phi) is 2.60. The maximum atomic E-state index is 4.16. The molecule has 2 aromatic heterocycles. The van der Waals surface area contributed by atoms with E-state index < -0.39 is 0 Å². The Labute approximate surface area is 86.6 Å². The van der Waals surface area contributed by atoms with Crippen LogP contribution in [-0.2, 0) is 7.05 Å². The van der Waals surface area contributed by atoms with Gasteiger partial charge in [0, 0.05) is 24.3 Å². The third kappa shape index (κ3) is 1.56. The predicted molar refractivity (Wildman–Crippen MR) is 56.2 cm³/mol. The van der Waals surface area contributed by atoms with Crippen molar-refractivity contribution in [3.8, 4) is 0 Å². The van der Waals surface area contributed by atoms with E-state index in [2.05, 4.69) is 15.4 Å². The second-order valence-corrected chi connectivity index (χ2v) is 3.92. The predicted octanol–water partition coefficient (Wildman–Crippen LogP) is 1.19. The fraction of sp³-hybridized carbons (Fsp3) is 0.333. The molecule has 2 aromatic rings. The van der Waals surface area contributed by atoms with Crippen LogP contribution in [0.25, 0.3) is 0 Å². The van der Waals surface area contributed by atoms with Crippen molar-refractivity contribution in [3.63, 3.8) is 0 Å². The van der Waals surface area contributed by atoms with E-state index in [1.54, 1.807) is 17.5 Å². The Morgan fingerprint density at radius 3 is 2.93 bits per heavy atom. The molecule has 5 heteroatoms. The monoisotopic (exact) mass is 208 g/mol. The molecule has 0 amide bonds. The fourth-order valence-corrected chi connectivity index (χ4v) is 2.21. The van der Waals surface area contributed by atoms with Crippen molar-refractivity contribution in [1.29, 1.82) is 0 Å². The molecule has 1 atom stereocenters. The first-order valence-electron chi connectivity index (χ1n) is 4.36. The third-order valence-electron chi connectivity index (χ3n) is 2.18. The van der Waals surface area contributed by atoms with Gasteiger partial charge in [-0.05, 0) is 13.1 Å². The van der Waals surface area contributed by atoms with Gasteiger partial charge >= 0.3 is 0 Å². The van der Waals surface area contributed by atoms with Gasteiger partial charge in [-0.3, -0.25) is 9.67 Å². The number of nitrogens with one attached hydrogen (secondary N) is 1. The second kappa shape index (κ2) is 3.89. The van der Waals surface area contributed by atoms with Gasteiger partial charge in [0.15, 0.2) is 0 Å². The lowest BCUT2D eigenvalue weighted by molar-refractivity contribution is 0.612. The van der Waals surface area contributed by atoms with E-state index in [1.807, 2.05) is 36.6 Å². The van der Waals surface area contributed by atoms with Crippen LogP contribution in [-0.4, -0.2) is 21.8 Å². The molecule has 0 saturated heterocycles. The number of nitrogens with zero attached hydrogens (tertiary/aromatic N) is 3. The zero-order valence-electron chi connectivity index (χ0n) is 8.14. The molecule has 0 spiro atoms. The number of hydrogen-bond acceptors (Lipinski definition) is 4. The highest BCUT2D eigenvalue weighted by atomic mass is 32.1. The first-order chi connectivity index (χ1) is 6.83. The summed E-state index contributed by atoms with van der Waals surface area (Å²) in [5.41, 5.74) is 2.99. The highest BCUT2D eigenvalue weighted by Crippen LogP contribution is 2.23. The summed E-state index contributed by atoms with van der Waals surface area (Å²) in [6.07, 6.45) is 3.69. The van der Waals surface area contributed by atoms with Crippen molar-refractivity contribution in [2.75, 3.05) is 7.05 Å². The lowest BCUT2D eigenvalue weighted by Gasteiger charge is -2.13. The topological polar surface area (TPSA) is 42.7 Å². The van der Waals surface area contributed by atoms with Crippen LogP contribution in [0.4, 0.5) is 0 Å². The molecule has 0 aliphatic carbocycles. The molecule has 0 aliphatic rings. The first-order valence-corrected chi connectivity index (χ1v) is 5.24. The van der Waals surface area contributed by atoms with Gasteiger partial charge in [0.1, 0.15) is 0 Å². The van der Waals surface area contributed by atoms with Crippen LogP contribution in [0, 0.1) is 0 Å². The Morgan fingerprint density at radius 1 is 1.57 bits per heavy atom. The minimum atomic E-state index is 0.190. The minimum absolute atomic E-state index is 0.190. The number of thiazole rings is 1. The van der Waals surface area contributed by atoms with Gasteiger partial charge in [-0.1, -0.05) is 0 Å². The van der Waals surface area contributed by atoms with E-state index in [9.17, 15) is 0 Å². The number of aromatic nitrogens is 3. The zero-order valence-corrected chi connectivity index (χ0v) is 8.95. The molecule has 0 bridgehead atoms. The van der Waals surface area contributed by atoms with Gasteiger partial charge in [0.05, 0.1) is 17.2 Å². The second-order valence-electron chi connectivity index (χ2n) is 3.01. The Balaban J connectivity index is 2.36. The summed E-state index contributed by atoms with van der Waals surface area (Å²) in [4.78, 5) is 5.28. The molecule has 2 heterocycles. The summed E-state index contributed by atoms with van der Waals surface area (Å²) in [5, 5.41) is 7.41. The van der Waals surface area contributed by atoms with Gasteiger partial charge in [-0.15, -0.1) is 11.3 Å². The van der Waals surface area contributed by atoms with E-state index in [0.717, 1.165) is 5.69 Å². The highest BCUT2D eigenvalue weighted by molar-refractivity contribution is 7.09. The summed E-state index contributed by atoms with van der Waals surface area (Å²) < 4.78 is 1.88. The van der Waals surface area contributed by atoms with Crippen LogP contribution in [0.5, 0.6) is 0 Å². The Hall–Kier alpha value is -1.20. The molecular formula is C9H12N4S. The van der Waals surface area contributed by atoms with Crippen LogP contribution < -0.4 is 5.32 Å². The summed E-state index contributed by atoms with van der Waals surface area (Å²) in [6.45, 7) is 0. The average Bonchev–Trinajstić information content (AvgIpc) is 2.80. The number of aryl methyl sites for hydroxylation is 1. The van der Waals surface area contributed by atoms with Crippen molar-refractivity contribution in [2.24, 2.45) is 7.05 Å². The summed E-state index contributed by atoms with van der Waals surface area (Å²) in [5.74, 6) is 0. The molecule has 0 saturated carbocycles. The molecule has 2 rings (SSSR count). The highest BCUT2D eigenvalue weighted by Gasteiger charge is 2.16. The summed E-state index contributed by atoms with van der Waals surface area (Å²) in [6, 6.07) is 2.20. The van der Waals surface area contributed by atoms with E-state index in [0.29, 0.717) is 0 Å². The van der Waals surface area contributed by atoms with E-state index >= 15 is 0 Å². The minimum Gasteiger partial charge on any atom is -0.307 e. The number of rotatable bonds is 3. The maximum Gasteiger partial charge on any atom is 0.0855 e. The van der Waals surface area contributed by atoms with Crippen LogP contribution in [0.15, 0.2) is 24.0 Å². The SMILES string of the molecule is CNC(c1cncs1)c1ccnn1C. The average molecular weight is 208 g/mol. The smallest absolute Gasteiger partial charge is 0.0855 e. The molecule has 4 nitrogen and oxygen atoms in total. The van der Waals surface area contributed by atoms with Gasteiger partial charge in [-0.2, -0.15) is 5.10 Å². The van der Waals surface area contributed by atoms with Crippen molar-refractivity contribution >= 4 is 11.3 Å². The standard InChI is InChI=1S/C9H12N4S/c1-10-9(8-5-11-6-14-8)7-3-4-12-13(7)2/h3-6,9-10H,1-2H3. The largest absolute Gasteiger partial charge is 0.307 e. The third-order valence-corrected chi connectivity index (χ3v) is 3.02. The van der Waals surface area contributed by atoms with Crippen molar-refractivity contribution in [1.82, 2.24) is 20.1 Å². The van der Waals surface area contributed by atoms with E-state index in [4.69, 9.17) is 0 Å². The first kappa shape index (κ1) is 9.36. The zero-order chi connectivity index (χ0) is 9.97. The van der Waals surface area contributed by atoms with E-state index in [1.165, 1.54) is 4.88 Å². The van der Waals surface area contributed by atoms with Gasteiger partial charge in [0.25, 0.3) is 0 Å². The molecule has 1 N–H and O–H groups in total. The molecule has 1 unspecified atom stereocenters. The Morgan fingerprint density at radius 2 is 2.43 bits per heavy atom. The number of hydrogen-bond donors (Lipinski definition) is 1. The fourth-order valence-electron chi connectivity index (χ4n) is 1.47.